The molecule has 0 aliphatic carbocycles. The van der Waals surface area contributed by atoms with E-state index in [1.165, 1.54) is 7.11 Å². The van der Waals surface area contributed by atoms with E-state index in [9.17, 15) is 15.2 Å². The molecule has 0 fully saturated rings. The Balaban J connectivity index is 1.85. The number of nitrogens with one attached hydrogen (secondary N) is 2. The number of para-hydroxylation sites is 2. The number of allylic oxidation sites excluding steroid dienone is 1. The SMILES string of the molecule is CNC1=C([N+](=O)[O-])C(c2ccc3[nH]c4ccccc4c3c2O)c2cccc(OC)c2O1. The standard InChI is InChI=1S/C23H19N3O5/c1-24-23-20(26(28)29)18(14-7-5-9-17(30-2)22(14)31-23)13-10-11-16-19(21(13)27)12-6-3-4-8-15(12)25-16/h3-11,18,24-25,27H,1-2H3. The van der Waals surface area contributed by atoms with Gasteiger partial charge in [-0.25, -0.2) is 0 Å². The summed E-state index contributed by atoms with van der Waals surface area (Å²) in [6.45, 7) is 0. The van der Waals surface area contributed by atoms with E-state index in [-0.39, 0.29) is 17.3 Å². The second kappa shape index (κ2) is 6.94. The number of aromatic nitrogens is 1. The number of rotatable bonds is 4. The number of aromatic hydroxyl groups is 1. The van der Waals surface area contributed by atoms with Crippen molar-refractivity contribution in [2.75, 3.05) is 14.2 Å². The Morgan fingerprint density at radius 1 is 1.10 bits per heavy atom. The zero-order valence-corrected chi connectivity index (χ0v) is 16.8. The monoisotopic (exact) mass is 417 g/mol. The van der Waals surface area contributed by atoms with Crippen molar-refractivity contribution in [1.29, 1.82) is 0 Å². The number of benzene rings is 3. The molecule has 3 N–H and O–H groups in total. The Hall–Kier alpha value is -4.20. The fraction of sp³-hybridized carbons (Fsp3) is 0.130. The second-order valence-electron chi connectivity index (χ2n) is 7.23. The minimum absolute atomic E-state index is 0.00502. The summed E-state index contributed by atoms with van der Waals surface area (Å²) in [5.74, 6) is -0.0427. The Kier molecular flexibility index (Phi) is 4.21. The van der Waals surface area contributed by atoms with Gasteiger partial charge in [0.1, 0.15) is 11.7 Å². The number of methoxy groups -OCH3 is 1. The number of fused-ring (bicyclic) bond motifs is 4. The molecule has 1 aromatic heterocycles. The first-order chi connectivity index (χ1) is 15.0. The van der Waals surface area contributed by atoms with Crippen LogP contribution in [0.4, 0.5) is 0 Å². The fourth-order valence-corrected chi connectivity index (χ4v) is 4.32. The van der Waals surface area contributed by atoms with Crippen LogP contribution in [0.2, 0.25) is 0 Å². The van der Waals surface area contributed by atoms with Crippen LogP contribution in [0.5, 0.6) is 17.2 Å². The van der Waals surface area contributed by atoms with E-state index in [1.807, 2.05) is 30.3 Å². The molecule has 4 aromatic rings. The van der Waals surface area contributed by atoms with Crippen molar-refractivity contribution in [3.05, 3.63) is 87.4 Å². The molecule has 0 spiro atoms. The van der Waals surface area contributed by atoms with Crippen molar-refractivity contribution in [2.24, 2.45) is 0 Å². The molecule has 1 aliphatic rings. The average Bonchev–Trinajstić information content (AvgIpc) is 3.17. The Morgan fingerprint density at radius 3 is 2.65 bits per heavy atom. The maximum Gasteiger partial charge on any atom is 0.317 e. The third kappa shape index (κ3) is 2.68. The van der Waals surface area contributed by atoms with E-state index in [0.717, 1.165) is 16.4 Å². The lowest BCUT2D eigenvalue weighted by molar-refractivity contribution is -0.432. The largest absolute Gasteiger partial charge is 0.507 e. The van der Waals surface area contributed by atoms with Gasteiger partial charge in [0.15, 0.2) is 11.5 Å². The summed E-state index contributed by atoms with van der Waals surface area (Å²) < 4.78 is 11.2. The number of nitrogens with zero attached hydrogens (tertiary/aromatic N) is 1. The van der Waals surface area contributed by atoms with Gasteiger partial charge in [-0.2, -0.15) is 0 Å². The van der Waals surface area contributed by atoms with Crippen LogP contribution in [0.25, 0.3) is 21.8 Å². The first kappa shape index (κ1) is 18.8. The van der Waals surface area contributed by atoms with Crippen LogP contribution < -0.4 is 14.8 Å². The highest BCUT2D eigenvalue weighted by Gasteiger charge is 2.42. The number of nitro groups is 1. The first-order valence-electron chi connectivity index (χ1n) is 9.68. The second-order valence-corrected chi connectivity index (χ2v) is 7.23. The fourth-order valence-electron chi connectivity index (χ4n) is 4.32. The van der Waals surface area contributed by atoms with E-state index in [4.69, 9.17) is 9.47 Å². The molecular weight excluding hydrogens is 398 g/mol. The third-order valence-electron chi connectivity index (χ3n) is 5.66. The van der Waals surface area contributed by atoms with Crippen LogP contribution in [0.1, 0.15) is 17.0 Å². The molecule has 8 heteroatoms. The topological polar surface area (TPSA) is 110 Å². The molecule has 2 heterocycles. The molecule has 156 valence electrons. The number of aromatic amines is 1. The van der Waals surface area contributed by atoms with Crippen LogP contribution in [0, 0.1) is 10.1 Å². The number of phenols is 1. The van der Waals surface area contributed by atoms with Gasteiger partial charge >= 0.3 is 5.70 Å². The lowest BCUT2D eigenvalue weighted by Gasteiger charge is -2.27. The minimum Gasteiger partial charge on any atom is -0.507 e. The smallest absolute Gasteiger partial charge is 0.317 e. The molecule has 0 amide bonds. The van der Waals surface area contributed by atoms with Crippen molar-refractivity contribution in [3.63, 3.8) is 0 Å². The molecule has 1 atom stereocenters. The van der Waals surface area contributed by atoms with Crippen molar-refractivity contribution in [2.45, 2.75) is 5.92 Å². The van der Waals surface area contributed by atoms with Gasteiger partial charge in [0.25, 0.3) is 5.88 Å². The normalized spacial score (nSPS) is 15.6. The summed E-state index contributed by atoms with van der Waals surface area (Å²) in [5.41, 5.74) is 2.40. The maximum absolute atomic E-state index is 12.1. The highest BCUT2D eigenvalue weighted by Crippen LogP contribution is 2.50. The van der Waals surface area contributed by atoms with E-state index in [1.54, 1.807) is 31.3 Å². The van der Waals surface area contributed by atoms with Gasteiger partial charge in [-0.15, -0.1) is 0 Å². The van der Waals surface area contributed by atoms with E-state index >= 15 is 0 Å². The molecule has 0 bridgehead atoms. The quantitative estimate of drug-likeness (QED) is 0.339. The van der Waals surface area contributed by atoms with Gasteiger partial charge in [-0.05, 0) is 18.2 Å². The van der Waals surface area contributed by atoms with Crippen LogP contribution in [0.15, 0.2) is 66.2 Å². The lowest BCUT2D eigenvalue weighted by Crippen LogP contribution is -2.28. The summed E-state index contributed by atoms with van der Waals surface area (Å²) in [6.07, 6.45) is 0. The summed E-state index contributed by atoms with van der Waals surface area (Å²) in [4.78, 5) is 14.9. The zero-order chi connectivity index (χ0) is 21.7. The van der Waals surface area contributed by atoms with E-state index in [2.05, 4.69) is 10.3 Å². The summed E-state index contributed by atoms with van der Waals surface area (Å²) in [7, 11) is 3.06. The van der Waals surface area contributed by atoms with Crippen molar-refractivity contribution < 1.29 is 19.5 Å². The number of H-pyrrole nitrogens is 1. The molecule has 8 nitrogen and oxygen atoms in total. The minimum atomic E-state index is -0.866. The van der Waals surface area contributed by atoms with Gasteiger partial charge in [0.2, 0.25) is 0 Å². The van der Waals surface area contributed by atoms with Crippen LogP contribution in [-0.2, 0) is 0 Å². The molecule has 0 saturated carbocycles. The predicted octanol–water partition coefficient (Wildman–Crippen LogP) is 4.22. The van der Waals surface area contributed by atoms with Crippen LogP contribution in [-0.4, -0.2) is 29.2 Å². The number of hydrogen-bond donors (Lipinski definition) is 3. The highest BCUT2D eigenvalue weighted by atomic mass is 16.6. The van der Waals surface area contributed by atoms with Gasteiger partial charge < -0.3 is 24.9 Å². The zero-order valence-electron chi connectivity index (χ0n) is 16.8. The summed E-state index contributed by atoms with van der Waals surface area (Å²) >= 11 is 0. The molecular formula is C23H19N3O5. The van der Waals surface area contributed by atoms with Crippen LogP contribution >= 0.6 is 0 Å². The molecule has 0 saturated heterocycles. The number of hydrogen-bond acceptors (Lipinski definition) is 6. The Bertz CT molecular complexity index is 1390. The average molecular weight is 417 g/mol. The lowest BCUT2D eigenvalue weighted by atomic mass is 9.85. The van der Waals surface area contributed by atoms with Crippen molar-refractivity contribution >= 4 is 21.8 Å². The molecule has 5 rings (SSSR count). The summed E-state index contributed by atoms with van der Waals surface area (Å²) in [5, 5.41) is 27.7. The molecule has 1 aliphatic heterocycles. The van der Waals surface area contributed by atoms with E-state index in [0.29, 0.717) is 28.0 Å². The first-order valence-corrected chi connectivity index (χ1v) is 9.68. The van der Waals surface area contributed by atoms with E-state index < -0.39 is 10.8 Å². The van der Waals surface area contributed by atoms with Crippen molar-refractivity contribution in [3.8, 4) is 17.2 Å². The van der Waals surface area contributed by atoms with Crippen molar-refractivity contribution in [1.82, 2.24) is 10.3 Å². The Morgan fingerprint density at radius 2 is 1.90 bits per heavy atom. The number of phenolic OH excluding ortho intramolecular Hbond substituents is 1. The summed E-state index contributed by atoms with van der Waals surface area (Å²) in [6, 6.07) is 16.4. The molecule has 0 radical (unpaired) electrons. The van der Waals surface area contributed by atoms with Gasteiger partial charge in [0.05, 0.1) is 17.5 Å². The van der Waals surface area contributed by atoms with Gasteiger partial charge in [-0.3, -0.25) is 10.1 Å². The Labute approximate surface area is 176 Å². The molecule has 1 unspecified atom stereocenters. The maximum atomic E-state index is 12.1. The molecule has 31 heavy (non-hydrogen) atoms. The van der Waals surface area contributed by atoms with Crippen LogP contribution in [0.3, 0.4) is 0 Å². The molecule has 3 aromatic carbocycles. The third-order valence-corrected chi connectivity index (χ3v) is 5.66. The van der Waals surface area contributed by atoms with Gasteiger partial charge in [-0.1, -0.05) is 36.4 Å². The number of ether oxygens (including phenoxy) is 2. The highest BCUT2D eigenvalue weighted by molar-refractivity contribution is 6.10. The van der Waals surface area contributed by atoms with Gasteiger partial charge in [0, 0.05) is 34.5 Å². The predicted molar refractivity (Wildman–Crippen MR) is 116 cm³/mol.